The summed E-state index contributed by atoms with van der Waals surface area (Å²) in [5.41, 5.74) is 10.3. The Morgan fingerprint density at radius 3 is 2.52 bits per heavy atom. The summed E-state index contributed by atoms with van der Waals surface area (Å²) in [5.74, 6) is -1.82. The Kier molecular flexibility index (Phi) is 5.77. The molecule has 1 saturated carbocycles. The molecule has 25 heavy (non-hydrogen) atoms. The second kappa shape index (κ2) is 7.32. The average Bonchev–Trinajstić information content (AvgIpc) is 2.86. The molecule has 0 spiro atoms. The molecule has 7 N–H and O–H groups in total. The van der Waals surface area contributed by atoms with Crippen LogP contribution in [0.1, 0.15) is 25.7 Å². The average molecular weight is 370 g/mol. The number of aliphatic carboxylic acids is 1. The van der Waals surface area contributed by atoms with Crippen molar-refractivity contribution in [3.63, 3.8) is 0 Å². The van der Waals surface area contributed by atoms with Crippen molar-refractivity contribution in [1.82, 2.24) is 0 Å². The molecule has 0 aliphatic heterocycles. The zero-order valence-corrected chi connectivity index (χ0v) is 14.5. The molecule has 1 aliphatic carbocycles. The van der Waals surface area contributed by atoms with Crippen molar-refractivity contribution < 1.29 is 28.4 Å². The molecule has 0 radical (unpaired) electrons. The Morgan fingerprint density at radius 1 is 1.32 bits per heavy atom. The van der Waals surface area contributed by atoms with Gasteiger partial charge in [-0.3, -0.25) is 4.79 Å². The van der Waals surface area contributed by atoms with Crippen LogP contribution in [0.5, 0.6) is 0 Å². The van der Waals surface area contributed by atoms with E-state index < -0.39 is 39.6 Å². The smallest absolute Gasteiger partial charge is 0.451 e. The van der Waals surface area contributed by atoms with Crippen molar-refractivity contribution in [2.24, 2.45) is 11.7 Å². The van der Waals surface area contributed by atoms with Gasteiger partial charge in [-0.1, -0.05) is 18.6 Å². The van der Waals surface area contributed by atoms with Crippen LogP contribution in [0.15, 0.2) is 29.2 Å². The molecule has 0 aromatic heterocycles. The number of nitrogen functional groups attached to an aromatic ring is 1. The number of rotatable bonds is 7. The van der Waals surface area contributed by atoms with E-state index in [2.05, 4.69) is 0 Å². The van der Waals surface area contributed by atoms with E-state index in [4.69, 9.17) is 21.5 Å². The summed E-state index contributed by atoms with van der Waals surface area (Å²) in [5, 5.41) is 26.4. The molecule has 0 saturated heterocycles. The third-order valence-electron chi connectivity index (χ3n) is 4.92. The van der Waals surface area contributed by atoms with Crippen LogP contribution in [-0.2, 0) is 14.6 Å². The van der Waals surface area contributed by atoms with Crippen molar-refractivity contribution in [3.8, 4) is 0 Å². The summed E-state index contributed by atoms with van der Waals surface area (Å²) >= 11 is 0. The number of hydrogen-bond acceptors (Lipinski definition) is 7. The van der Waals surface area contributed by atoms with E-state index in [1.54, 1.807) is 12.1 Å². The molecule has 1 unspecified atom stereocenters. The third kappa shape index (κ3) is 3.97. The minimum atomic E-state index is -3.82. The van der Waals surface area contributed by atoms with Gasteiger partial charge in [0.05, 0.1) is 15.8 Å². The first-order valence-electron chi connectivity index (χ1n) is 8.06. The predicted molar refractivity (Wildman–Crippen MR) is 93.3 cm³/mol. The lowest BCUT2D eigenvalue weighted by Crippen LogP contribution is -2.51. The number of carbonyl (C=O) groups is 1. The number of hydrogen-bond donors (Lipinski definition) is 5. The van der Waals surface area contributed by atoms with Crippen molar-refractivity contribution in [1.29, 1.82) is 0 Å². The molecule has 2 rings (SSSR count). The molecule has 10 heteroatoms. The van der Waals surface area contributed by atoms with Gasteiger partial charge in [-0.05, 0) is 43.6 Å². The van der Waals surface area contributed by atoms with E-state index in [9.17, 15) is 18.3 Å². The fourth-order valence-electron chi connectivity index (χ4n) is 3.49. The van der Waals surface area contributed by atoms with E-state index in [-0.39, 0.29) is 29.7 Å². The monoisotopic (exact) mass is 370 g/mol. The normalized spacial score (nSPS) is 26.5. The Morgan fingerprint density at radius 2 is 1.96 bits per heavy atom. The Balaban J connectivity index is 2.26. The lowest BCUT2D eigenvalue weighted by atomic mass is 9.78. The summed E-state index contributed by atoms with van der Waals surface area (Å²) in [6.45, 7) is 0. The third-order valence-corrected chi connectivity index (χ3v) is 7.14. The summed E-state index contributed by atoms with van der Waals surface area (Å²) in [7, 11) is -5.30. The Bertz CT molecular complexity index is 741. The van der Waals surface area contributed by atoms with E-state index in [1.165, 1.54) is 12.1 Å². The minimum Gasteiger partial charge on any atom is -0.480 e. The number of sulfone groups is 1. The molecule has 0 amide bonds. The zero-order chi connectivity index (χ0) is 18.8. The standard InChI is InChI=1S/C15H23BN2O6S/c17-12-5-1-2-6-13(12)25(23,24)11-8-10(4-3-7-16(21)22)15(18,9-11)14(19)20/h1-2,5-6,10-11,21-22H,3-4,7-9,17-18H2,(H,19,20)/t10-,11?,15-/m0/s1. The van der Waals surface area contributed by atoms with E-state index >= 15 is 0 Å². The molecule has 138 valence electrons. The highest BCUT2D eigenvalue weighted by atomic mass is 32.2. The molecule has 0 bridgehead atoms. The SMILES string of the molecule is Nc1ccccc1S(=O)(=O)C1C[C@H](CCCB(O)O)[C@](N)(C(=O)O)C1. The fourth-order valence-corrected chi connectivity index (χ4v) is 5.50. The summed E-state index contributed by atoms with van der Waals surface area (Å²) in [6.07, 6.45) is 0.618. The first-order valence-corrected chi connectivity index (χ1v) is 9.60. The van der Waals surface area contributed by atoms with Crippen molar-refractivity contribution in [2.75, 3.05) is 5.73 Å². The zero-order valence-electron chi connectivity index (χ0n) is 13.7. The van der Waals surface area contributed by atoms with Gasteiger partial charge in [-0.25, -0.2) is 8.42 Å². The van der Waals surface area contributed by atoms with E-state index in [0.29, 0.717) is 12.8 Å². The lowest BCUT2D eigenvalue weighted by molar-refractivity contribution is -0.144. The number of carboxylic acid groups (broad SMARTS) is 1. The van der Waals surface area contributed by atoms with Crippen LogP contribution in [0, 0.1) is 5.92 Å². The molecular formula is C15H23BN2O6S. The number of para-hydroxylation sites is 1. The molecule has 1 aromatic carbocycles. The van der Waals surface area contributed by atoms with Crippen LogP contribution in [-0.4, -0.2) is 47.4 Å². The van der Waals surface area contributed by atoms with Crippen molar-refractivity contribution in [2.45, 2.75) is 47.7 Å². The topological polar surface area (TPSA) is 164 Å². The Hall–Kier alpha value is -1.62. The molecule has 1 aromatic rings. The first-order chi connectivity index (χ1) is 11.6. The largest absolute Gasteiger partial charge is 0.480 e. The van der Waals surface area contributed by atoms with Gasteiger partial charge in [0, 0.05) is 0 Å². The Labute approximate surface area is 146 Å². The number of anilines is 1. The van der Waals surface area contributed by atoms with Crippen LogP contribution < -0.4 is 11.5 Å². The van der Waals surface area contributed by atoms with E-state index in [0.717, 1.165) is 0 Å². The number of benzene rings is 1. The molecule has 3 atom stereocenters. The van der Waals surface area contributed by atoms with Crippen LogP contribution >= 0.6 is 0 Å². The van der Waals surface area contributed by atoms with Gasteiger partial charge in [-0.2, -0.15) is 0 Å². The van der Waals surface area contributed by atoms with Crippen molar-refractivity contribution in [3.05, 3.63) is 24.3 Å². The lowest BCUT2D eigenvalue weighted by Gasteiger charge is -2.26. The van der Waals surface area contributed by atoms with Gasteiger partial charge in [0.25, 0.3) is 0 Å². The van der Waals surface area contributed by atoms with Crippen LogP contribution in [0.4, 0.5) is 5.69 Å². The second-order valence-corrected chi connectivity index (χ2v) is 8.80. The first kappa shape index (κ1) is 19.7. The highest BCUT2D eigenvalue weighted by Crippen LogP contribution is 2.43. The van der Waals surface area contributed by atoms with Crippen LogP contribution in [0.2, 0.25) is 6.32 Å². The summed E-state index contributed by atoms with van der Waals surface area (Å²) < 4.78 is 25.8. The van der Waals surface area contributed by atoms with E-state index in [1.807, 2.05) is 0 Å². The molecule has 1 aliphatic rings. The van der Waals surface area contributed by atoms with Crippen LogP contribution in [0.3, 0.4) is 0 Å². The summed E-state index contributed by atoms with van der Waals surface area (Å²) in [6, 6.07) is 6.07. The van der Waals surface area contributed by atoms with Gasteiger partial charge in [0.2, 0.25) is 0 Å². The maximum atomic E-state index is 12.9. The van der Waals surface area contributed by atoms with Gasteiger partial charge < -0.3 is 26.6 Å². The van der Waals surface area contributed by atoms with Gasteiger partial charge >= 0.3 is 13.1 Å². The fraction of sp³-hybridized carbons (Fsp3) is 0.533. The predicted octanol–water partition coefficient (Wildman–Crippen LogP) is -0.144. The maximum Gasteiger partial charge on any atom is 0.451 e. The van der Waals surface area contributed by atoms with Crippen molar-refractivity contribution >= 4 is 28.6 Å². The second-order valence-electron chi connectivity index (χ2n) is 6.60. The molecule has 0 heterocycles. The van der Waals surface area contributed by atoms with Gasteiger partial charge in [0.15, 0.2) is 9.84 Å². The maximum absolute atomic E-state index is 12.9. The van der Waals surface area contributed by atoms with Gasteiger partial charge in [0.1, 0.15) is 5.54 Å². The highest BCUT2D eigenvalue weighted by Gasteiger charge is 2.53. The van der Waals surface area contributed by atoms with Gasteiger partial charge in [-0.15, -0.1) is 0 Å². The number of nitrogens with two attached hydrogens (primary N) is 2. The molecule has 1 fully saturated rings. The quantitative estimate of drug-likeness (QED) is 0.327. The summed E-state index contributed by atoms with van der Waals surface area (Å²) in [4.78, 5) is 11.6. The molecular weight excluding hydrogens is 347 g/mol. The highest BCUT2D eigenvalue weighted by molar-refractivity contribution is 7.92. The number of carboxylic acids is 1. The van der Waals surface area contributed by atoms with Crippen LogP contribution in [0.25, 0.3) is 0 Å². The molecule has 8 nitrogen and oxygen atoms in total. The minimum absolute atomic E-state index is 0.0147.